The lowest BCUT2D eigenvalue weighted by atomic mass is 9.72. The van der Waals surface area contributed by atoms with Crippen LogP contribution in [-0.4, -0.2) is 42.1 Å². The lowest BCUT2D eigenvalue weighted by Crippen LogP contribution is -2.54. The van der Waals surface area contributed by atoms with E-state index < -0.39 is 0 Å². The molecule has 1 fully saturated rings. The zero-order valence-corrected chi connectivity index (χ0v) is 14.1. The SMILES string of the molecule is CCNC1CCC(C)(C)CC1N(C)CCc1ccncc1. The minimum absolute atomic E-state index is 0.474. The van der Waals surface area contributed by atoms with E-state index in [-0.39, 0.29) is 0 Å². The third-order valence-electron chi connectivity index (χ3n) is 4.89. The normalized spacial score (nSPS) is 25.2. The molecule has 118 valence electrons. The highest BCUT2D eigenvalue weighted by Gasteiger charge is 2.36. The van der Waals surface area contributed by atoms with Crippen molar-refractivity contribution in [3.63, 3.8) is 0 Å². The number of nitrogens with zero attached hydrogens (tertiary/aromatic N) is 2. The predicted molar refractivity (Wildman–Crippen MR) is 89.5 cm³/mol. The summed E-state index contributed by atoms with van der Waals surface area (Å²) in [5.74, 6) is 0. The van der Waals surface area contributed by atoms with Crippen LogP contribution in [0, 0.1) is 5.41 Å². The molecule has 1 heterocycles. The highest BCUT2D eigenvalue weighted by atomic mass is 15.2. The minimum atomic E-state index is 0.474. The number of hydrogen-bond donors (Lipinski definition) is 1. The van der Waals surface area contributed by atoms with Gasteiger partial charge in [0.25, 0.3) is 0 Å². The smallest absolute Gasteiger partial charge is 0.0270 e. The molecule has 0 bridgehead atoms. The van der Waals surface area contributed by atoms with Crippen LogP contribution >= 0.6 is 0 Å². The fourth-order valence-corrected chi connectivity index (χ4v) is 3.53. The molecule has 0 aliphatic heterocycles. The molecular formula is C18H31N3. The lowest BCUT2D eigenvalue weighted by molar-refractivity contribution is 0.0832. The number of likely N-dealkylation sites (N-methyl/N-ethyl adjacent to an activating group) is 2. The number of rotatable bonds is 6. The monoisotopic (exact) mass is 289 g/mol. The van der Waals surface area contributed by atoms with Crippen LogP contribution in [0.1, 0.15) is 45.6 Å². The molecule has 3 heteroatoms. The summed E-state index contributed by atoms with van der Waals surface area (Å²) in [4.78, 5) is 6.66. The lowest BCUT2D eigenvalue weighted by Gasteiger charge is -2.45. The van der Waals surface area contributed by atoms with Crippen molar-refractivity contribution in [2.75, 3.05) is 20.1 Å². The first-order valence-electron chi connectivity index (χ1n) is 8.34. The van der Waals surface area contributed by atoms with Gasteiger partial charge in [0.1, 0.15) is 0 Å². The molecule has 2 atom stereocenters. The Morgan fingerprint density at radius 1 is 1.33 bits per heavy atom. The van der Waals surface area contributed by atoms with Crippen molar-refractivity contribution in [3.8, 4) is 0 Å². The van der Waals surface area contributed by atoms with Crippen LogP contribution in [0.3, 0.4) is 0 Å². The molecule has 1 aliphatic carbocycles. The van der Waals surface area contributed by atoms with Crippen molar-refractivity contribution < 1.29 is 0 Å². The van der Waals surface area contributed by atoms with Crippen LogP contribution in [0.15, 0.2) is 24.5 Å². The Morgan fingerprint density at radius 3 is 2.71 bits per heavy atom. The van der Waals surface area contributed by atoms with E-state index in [0.29, 0.717) is 17.5 Å². The van der Waals surface area contributed by atoms with Gasteiger partial charge < -0.3 is 10.2 Å². The van der Waals surface area contributed by atoms with Crippen LogP contribution in [0.2, 0.25) is 0 Å². The molecule has 3 nitrogen and oxygen atoms in total. The quantitative estimate of drug-likeness (QED) is 0.872. The van der Waals surface area contributed by atoms with Gasteiger partial charge in [0.15, 0.2) is 0 Å². The van der Waals surface area contributed by atoms with E-state index in [9.17, 15) is 0 Å². The highest BCUT2D eigenvalue weighted by molar-refractivity contribution is 5.10. The van der Waals surface area contributed by atoms with E-state index in [1.807, 2.05) is 12.4 Å². The van der Waals surface area contributed by atoms with Gasteiger partial charge in [-0.25, -0.2) is 0 Å². The first-order chi connectivity index (χ1) is 10.0. The second kappa shape index (κ2) is 7.37. The summed E-state index contributed by atoms with van der Waals surface area (Å²) < 4.78 is 0. The van der Waals surface area contributed by atoms with Crippen molar-refractivity contribution in [2.24, 2.45) is 5.41 Å². The molecule has 1 saturated carbocycles. The van der Waals surface area contributed by atoms with Gasteiger partial charge in [-0.1, -0.05) is 20.8 Å². The Morgan fingerprint density at radius 2 is 2.05 bits per heavy atom. The zero-order chi connectivity index (χ0) is 15.3. The maximum absolute atomic E-state index is 4.09. The maximum Gasteiger partial charge on any atom is 0.0270 e. The van der Waals surface area contributed by atoms with Gasteiger partial charge in [-0.3, -0.25) is 4.98 Å². The highest BCUT2D eigenvalue weighted by Crippen LogP contribution is 2.37. The Hall–Kier alpha value is -0.930. The summed E-state index contributed by atoms with van der Waals surface area (Å²) in [7, 11) is 2.29. The molecule has 0 aromatic carbocycles. The summed E-state index contributed by atoms with van der Waals surface area (Å²) in [6, 6.07) is 5.54. The van der Waals surface area contributed by atoms with Gasteiger partial charge in [0, 0.05) is 31.0 Å². The Kier molecular flexibility index (Phi) is 5.77. The topological polar surface area (TPSA) is 28.2 Å². The number of aromatic nitrogens is 1. The number of nitrogens with one attached hydrogen (secondary N) is 1. The standard InChI is InChI=1S/C18H31N3/c1-5-20-16-6-10-18(2,3)14-17(16)21(4)13-9-15-7-11-19-12-8-15/h7-8,11-12,16-17,20H,5-6,9-10,13-14H2,1-4H3. The minimum Gasteiger partial charge on any atom is -0.313 e. The molecule has 0 spiro atoms. The maximum atomic E-state index is 4.09. The zero-order valence-electron chi connectivity index (χ0n) is 14.1. The van der Waals surface area contributed by atoms with Gasteiger partial charge >= 0.3 is 0 Å². The third kappa shape index (κ3) is 4.79. The molecule has 1 N–H and O–H groups in total. The summed E-state index contributed by atoms with van der Waals surface area (Å²) in [6.45, 7) is 9.23. The Balaban J connectivity index is 1.95. The summed E-state index contributed by atoms with van der Waals surface area (Å²) >= 11 is 0. The Labute approximate surface area is 130 Å². The molecule has 2 rings (SSSR count). The molecule has 0 amide bonds. The average molecular weight is 289 g/mol. The van der Waals surface area contributed by atoms with Gasteiger partial charge in [-0.05, 0) is 62.4 Å². The summed E-state index contributed by atoms with van der Waals surface area (Å²) in [5.41, 5.74) is 1.86. The van der Waals surface area contributed by atoms with Crippen LogP contribution in [0.4, 0.5) is 0 Å². The van der Waals surface area contributed by atoms with Crippen molar-refractivity contribution in [1.29, 1.82) is 0 Å². The molecule has 0 saturated heterocycles. The molecule has 1 aromatic rings. The second-order valence-corrected chi connectivity index (χ2v) is 7.22. The van der Waals surface area contributed by atoms with Gasteiger partial charge in [-0.15, -0.1) is 0 Å². The van der Waals surface area contributed by atoms with Crippen molar-refractivity contribution in [2.45, 2.75) is 58.5 Å². The number of pyridine rings is 1. The largest absolute Gasteiger partial charge is 0.313 e. The second-order valence-electron chi connectivity index (χ2n) is 7.22. The van der Waals surface area contributed by atoms with Crippen LogP contribution in [-0.2, 0) is 6.42 Å². The van der Waals surface area contributed by atoms with E-state index >= 15 is 0 Å². The van der Waals surface area contributed by atoms with Gasteiger partial charge in [-0.2, -0.15) is 0 Å². The first kappa shape index (κ1) is 16.4. The molecule has 1 aromatic heterocycles. The van der Waals surface area contributed by atoms with Crippen molar-refractivity contribution in [3.05, 3.63) is 30.1 Å². The molecule has 2 unspecified atom stereocenters. The third-order valence-corrected chi connectivity index (χ3v) is 4.89. The van der Waals surface area contributed by atoms with E-state index in [2.05, 4.69) is 55.2 Å². The number of hydrogen-bond acceptors (Lipinski definition) is 3. The van der Waals surface area contributed by atoms with E-state index in [0.717, 1.165) is 19.5 Å². The van der Waals surface area contributed by atoms with Crippen LogP contribution in [0.25, 0.3) is 0 Å². The first-order valence-corrected chi connectivity index (χ1v) is 8.34. The van der Waals surface area contributed by atoms with Gasteiger partial charge in [0.2, 0.25) is 0 Å². The molecule has 0 radical (unpaired) electrons. The van der Waals surface area contributed by atoms with Crippen molar-refractivity contribution in [1.82, 2.24) is 15.2 Å². The predicted octanol–water partition coefficient (Wildman–Crippen LogP) is 3.11. The van der Waals surface area contributed by atoms with Gasteiger partial charge in [0.05, 0.1) is 0 Å². The average Bonchev–Trinajstić information content (AvgIpc) is 2.47. The van der Waals surface area contributed by atoms with E-state index in [1.54, 1.807) is 0 Å². The van der Waals surface area contributed by atoms with Crippen LogP contribution in [0.5, 0.6) is 0 Å². The van der Waals surface area contributed by atoms with Crippen LogP contribution < -0.4 is 5.32 Å². The Bertz CT molecular complexity index is 416. The summed E-state index contributed by atoms with van der Waals surface area (Å²) in [6.07, 6.45) is 8.80. The van der Waals surface area contributed by atoms with E-state index in [1.165, 1.54) is 24.8 Å². The molecular weight excluding hydrogens is 258 g/mol. The molecule has 21 heavy (non-hydrogen) atoms. The molecule has 1 aliphatic rings. The fraction of sp³-hybridized carbons (Fsp3) is 0.722. The summed E-state index contributed by atoms with van der Waals surface area (Å²) in [5, 5.41) is 3.70. The fourth-order valence-electron chi connectivity index (χ4n) is 3.53. The van der Waals surface area contributed by atoms with Crippen molar-refractivity contribution >= 4 is 0 Å². The van der Waals surface area contributed by atoms with E-state index in [4.69, 9.17) is 0 Å².